The number of anilines is 1. The Balaban J connectivity index is 1.54. The van der Waals surface area contributed by atoms with Crippen molar-refractivity contribution < 1.29 is 14.4 Å². The minimum absolute atomic E-state index is 0.154. The maximum atomic E-state index is 12.3. The molecule has 1 aliphatic rings. The maximum Gasteiger partial charge on any atom is 0.254 e. The molecule has 1 aliphatic heterocycles. The van der Waals surface area contributed by atoms with Gasteiger partial charge in [-0.3, -0.25) is 14.4 Å². The van der Waals surface area contributed by atoms with Crippen LogP contribution in [-0.2, 0) is 16.1 Å². The number of benzene rings is 2. The molecule has 0 aromatic heterocycles. The molecule has 2 aromatic carbocycles. The van der Waals surface area contributed by atoms with Gasteiger partial charge in [-0.25, -0.2) is 0 Å². The summed E-state index contributed by atoms with van der Waals surface area (Å²) in [6.45, 7) is 0.439. The molecular weight excluding hydrogens is 318 g/mol. The van der Waals surface area contributed by atoms with Gasteiger partial charge in [0, 0.05) is 13.0 Å². The highest BCUT2D eigenvalue weighted by atomic mass is 16.2. The Labute approximate surface area is 145 Å². The summed E-state index contributed by atoms with van der Waals surface area (Å²) in [7, 11) is 0. The van der Waals surface area contributed by atoms with Crippen LogP contribution in [0.4, 0.5) is 5.69 Å². The van der Waals surface area contributed by atoms with Gasteiger partial charge >= 0.3 is 0 Å². The quantitative estimate of drug-likeness (QED) is 0.778. The van der Waals surface area contributed by atoms with Crippen LogP contribution in [0.15, 0.2) is 54.6 Å². The molecule has 3 N–H and O–H groups in total. The first-order valence-corrected chi connectivity index (χ1v) is 8.15. The van der Waals surface area contributed by atoms with Gasteiger partial charge in [0.1, 0.15) is 6.04 Å². The summed E-state index contributed by atoms with van der Waals surface area (Å²) in [5, 5.41) is 8.23. The van der Waals surface area contributed by atoms with Crippen molar-refractivity contribution in [1.82, 2.24) is 10.6 Å². The zero-order valence-electron chi connectivity index (χ0n) is 13.6. The van der Waals surface area contributed by atoms with E-state index in [0.29, 0.717) is 17.8 Å². The number of carbonyl (C=O) groups is 3. The number of hydrogen-bond acceptors (Lipinski definition) is 3. The van der Waals surface area contributed by atoms with Gasteiger partial charge in [0.05, 0.1) is 11.3 Å². The van der Waals surface area contributed by atoms with E-state index in [1.807, 2.05) is 30.3 Å². The van der Waals surface area contributed by atoms with Gasteiger partial charge in [0.25, 0.3) is 5.91 Å². The van der Waals surface area contributed by atoms with E-state index >= 15 is 0 Å². The van der Waals surface area contributed by atoms with Crippen LogP contribution < -0.4 is 16.0 Å². The highest BCUT2D eigenvalue weighted by molar-refractivity contribution is 6.09. The van der Waals surface area contributed by atoms with E-state index in [2.05, 4.69) is 16.0 Å². The second-order valence-corrected chi connectivity index (χ2v) is 5.86. The van der Waals surface area contributed by atoms with Gasteiger partial charge in [0.15, 0.2) is 0 Å². The molecule has 1 atom stereocenters. The molecule has 0 spiro atoms. The molecule has 3 amide bonds. The van der Waals surface area contributed by atoms with E-state index < -0.39 is 6.04 Å². The third kappa shape index (κ3) is 4.23. The summed E-state index contributed by atoms with van der Waals surface area (Å²) in [4.78, 5) is 36.5. The molecule has 0 aliphatic carbocycles. The highest BCUT2D eigenvalue weighted by Crippen LogP contribution is 2.19. The molecule has 25 heavy (non-hydrogen) atoms. The second kappa shape index (κ2) is 7.61. The second-order valence-electron chi connectivity index (χ2n) is 5.86. The average molecular weight is 337 g/mol. The van der Waals surface area contributed by atoms with Gasteiger partial charge in [-0.1, -0.05) is 42.5 Å². The molecule has 0 saturated heterocycles. The fourth-order valence-electron chi connectivity index (χ4n) is 2.68. The number of rotatable bonds is 5. The van der Waals surface area contributed by atoms with Crippen molar-refractivity contribution in [1.29, 1.82) is 0 Å². The SMILES string of the molecule is O=C(CC[C@@H]1NC(=O)c2ccccc2NC1=O)NCc1ccccc1. The predicted molar refractivity (Wildman–Crippen MR) is 93.8 cm³/mol. The number of carbonyl (C=O) groups excluding carboxylic acids is 3. The zero-order chi connectivity index (χ0) is 17.6. The number of para-hydroxylation sites is 1. The van der Waals surface area contributed by atoms with Crippen LogP contribution in [0.1, 0.15) is 28.8 Å². The molecule has 0 saturated carbocycles. The lowest BCUT2D eigenvalue weighted by Gasteiger charge is -2.14. The average Bonchev–Trinajstić information content (AvgIpc) is 2.75. The van der Waals surface area contributed by atoms with Crippen molar-refractivity contribution in [2.75, 3.05) is 5.32 Å². The highest BCUT2D eigenvalue weighted by Gasteiger charge is 2.27. The molecule has 3 rings (SSSR count). The van der Waals surface area contributed by atoms with E-state index in [1.54, 1.807) is 24.3 Å². The third-order valence-corrected chi connectivity index (χ3v) is 4.04. The standard InChI is InChI=1S/C19H19N3O3/c23-17(20-12-13-6-2-1-3-7-13)11-10-16-19(25)21-15-9-5-4-8-14(15)18(24)22-16/h1-9,16H,10-12H2,(H,20,23)(H,21,25)(H,22,24)/t16-/m0/s1. The molecule has 0 fully saturated rings. The van der Waals surface area contributed by atoms with Crippen LogP contribution in [-0.4, -0.2) is 23.8 Å². The molecule has 2 aromatic rings. The van der Waals surface area contributed by atoms with E-state index in [0.717, 1.165) is 5.56 Å². The molecule has 128 valence electrons. The summed E-state index contributed by atoms with van der Waals surface area (Å²) in [6.07, 6.45) is 0.397. The molecule has 0 bridgehead atoms. The minimum atomic E-state index is -0.734. The maximum absolute atomic E-state index is 12.3. The first-order valence-electron chi connectivity index (χ1n) is 8.15. The Kier molecular flexibility index (Phi) is 5.09. The number of nitrogens with one attached hydrogen (secondary N) is 3. The van der Waals surface area contributed by atoms with Gasteiger partial charge in [-0.05, 0) is 24.1 Å². The first-order chi connectivity index (χ1) is 12.1. The fraction of sp³-hybridized carbons (Fsp3) is 0.211. The van der Waals surface area contributed by atoms with Crippen LogP contribution in [0, 0.1) is 0 Å². The van der Waals surface area contributed by atoms with Gasteiger partial charge in [-0.15, -0.1) is 0 Å². The summed E-state index contributed by atoms with van der Waals surface area (Å²) in [5.41, 5.74) is 1.92. The predicted octanol–water partition coefficient (Wildman–Crippen LogP) is 1.83. The Morgan fingerprint density at radius 3 is 2.52 bits per heavy atom. The van der Waals surface area contributed by atoms with Crippen molar-refractivity contribution >= 4 is 23.4 Å². The minimum Gasteiger partial charge on any atom is -0.352 e. The van der Waals surface area contributed by atoms with Gasteiger partial charge in [-0.2, -0.15) is 0 Å². The van der Waals surface area contributed by atoms with Crippen molar-refractivity contribution in [3.8, 4) is 0 Å². The topological polar surface area (TPSA) is 87.3 Å². The van der Waals surface area contributed by atoms with E-state index in [1.165, 1.54) is 0 Å². The monoisotopic (exact) mass is 337 g/mol. The summed E-state index contributed by atoms with van der Waals surface area (Å²) in [6, 6.07) is 15.7. The van der Waals surface area contributed by atoms with Crippen LogP contribution in [0.5, 0.6) is 0 Å². The van der Waals surface area contributed by atoms with Crippen molar-refractivity contribution in [2.24, 2.45) is 0 Å². The van der Waals surface area contributed by atoms with E-state index in [9.17, 15) is 14.4 Å². The summed E-state index contributed by atoms with van der Waals surface area (Å²) in [5.74, 6) is -0.787. The third-order valence-electron chi connectivity index (χ3n) is 4.04. The fourth-order valence-corrected chi connectivity index (χ4v) is 2.68. The van der Waals surface area contributed by atoms with Gasteiger partial charge in [0.2, 0.25) is 11.8 Å². The lowest BCUT2D eigenvalue weighted by atomic mass is 10.1. The van der Waals surface area contributed by atoms with Crippen LogP contribution in [0.25, 0.3) is 0 Å². The Bertz CT molecular complexity index is 790. The largest absolute Gasteiger partial charge is 0.352 e. The zero-order valence-corrected chi connectivity index (χ0v) is 13.6. The van der Waals surface area contributed by atoms with E-state index in [-0.39, 0.29) is 30.6 Å². The van der Waals surface area contributed by atoms with Crippen molar-refractivity contribution in [2.45, 2.75) is 25.4 Å². The lowest BCUT2D eigenvalue weighted by molar-refractivity contribution is -0.122. The molecule has 0 radical (unpaired) electrons. The number of hydrogen-bond donors (Lipinski definition) is 3. The first kappa shape index (κ1) is 16.7. The molecule has 0 unspecified atom stereocenters. The summed E-state index contributed by atoms with van der Waals surface area (Å²) >= 11 is 0. The van der Waals surface area contributed by atoms with Crippen molar-refractivity contribution in [3.63, 3.8) is 0 Å². The van der Waals surface area contributed by atoms with Crippen LogP contribution in [0.2, 0.25) is 0 Å². The molecule has 6 nitrogen and oxygen atoms in total. The number of fused-ring (bicyclic) bond motifs is 1. The normalized spacial score (nSPS) is 16.2. The molecule has 1 heterocycles. The smallest absolute Gasteiger partial charge is 0.254 e. The molecular formula is C19H19N3O3. The Hall–Kier alpha value is -3.15. The molecule has 6 heteroatoms. The lowest BCUT2D eigenvalue weighted by Crippen LogP contribution is -2.42. The van der Waals surface area contributed by atoms with E-state index in [4.69, 9.17) is 0 Å². The Morgan fingerprint density at radius 2 is 1.72 bits per heavy atom. The van der Waals surface area contributed by atoms with Crippen molar-refractivity contribution in [3.05, 3.63) is 65.7 Å². The van der Waals surface area contributed by atoms with Gasteiger partial charge < -0.3 is 16.0 Å². The summed E-state index contributed by atoms with van der Waals surface area (Å²) < 4.78 is 0. The number of amides is 3. The van der Waals surface area contributed by atoms with Crippen LogP contribution >= 0.6 is 0 Å². The Morgan fingerprint density at radius 1 is 1.00 bits per heavy atom. The van der Waals surface area contributed by atoms with Crippen LogP contribution in [0.3, 0.4) is 0 Å².